The van der Waals surface area contributed by atoms with Crippen LogP contribution in [0.1, 0.15) is 56.6 Å². The monoisotopic (exact) mass is 489 g/mol. The zero-order valence-electron chi connectivity index (χ0n) is 21.6. The molecule has 0 atom stereocenters. The first kappa shape index (κ1) is 24.1. The molecule has 1 aromatic carbocycles. The zero-order valence-corrected chi connectivity index (χ0v) is 21.6. The van der Waals surface area contributed by atoms with E-state index in [0.717, 1.165) is 23.9 Å². The third-order valence-corrected chi connectivity index (χ3v) is 6.88. The molecule has 1 aliphatic rings. The van der Waals surface area contributed by atoms with Crippen molar-refractivity contribution in [3.05, 3.63) is 59.9 Å². The van der Waals surface area contributed by atoms with Gasteiger partial charge in [0.15, 0.2) is 11.5 Å². The van der Waals surface area contributed by atoms with E-state index in [1.165, 1.54) is 6.07 Å². The molecule has 3 aromatic heterocycles. The molecule has 0 spiro atoms. The maximum atomic E-state index is 14.5. The SMILES string of the molecule is Cc1cn2cc(NC(=O)c3cccc4c(N(C)C5CC(C)(C)NC(C)(C)C5)cnnc34)cc(F)c2n1. The summed E-state index contributed by atoms with van der Waals surface area (Å²) in [5.41, 5.74) is 3.04. The van der Waals surface area contributed by atoms with Gasteiger partial charge in [0, 0.05) is 48.0 Å². The maximum Gasteiger partial charge on any atom is 0.257 e. The highest BCUT2D eigenvalue weighted by Crippen LogP contribution is 2.35. The number of fused-ring (bicyclic) bond motifs is 2. The number of nitrogens with zero attached hydrogens (tertiary/aromatic N) is 5. The molecule has 0 bridgehead atoms. The Morgan fingerprint density at radius 3 is 2.64 bits per heavy atom. The molecule has 1 saturated heterocycles. The Morgan fingerprint density at radius 2 is 1.92 bits per heavy atom. The van der Waals surface area contributed by atoms with E-state index < -0.39 is 5.82 Å². The number of halogens is 1. The van der Waals surface area contributed by atoms with Crippen LogP contribution in [0.3, 0.4) is 0 Å². The van der Waals surface area contributed by atoms with Gasteiger partial charge < -0.3 is 19.9 Å². The number of benzene rings is 1. The lowest BCUT2D eigenvalue weighted by molar-refractivity contribution is 0.102. The number of nitrogens with one attached hydrogen (secondary N) is 2. The summed E-state index contributed by atoms with van der Waals surface area (Å²) in [4.78, 5) is 19.7. The van der Waals surface area contributed by atoms with Crippen LogP contribution in [0.15, 0.2) is 42.9 Å². The van der Waals surface area contributed by atoms with Crippen LogP contribution < -0.4 is 15.5 Å². The van der Waals surface area contributed by atoms with Crippen LogP contribution in [-0.4, -0.2) is 49.7 Å². The van der Waals surface area contributed by atoms with Gasteiger partial charge in [-0.2, -0.15) is 5.10 Å². The Labute approximate surface area is 209 Å². The Bertz CT molecular complexity index is 1460. The number of hydrogen-bond donors (Lipinski definition) is 2. The molecule has 0 aliphatic carbocycles. The molecular formula is C27H32FN7O. The number of aromatic nitrogens is 4. The normalized spacial score (nSPS) is 17.4. The molecule has 188 valence electrons. The zero-order chi connectivity index (χ0) is 25.8. The van der Waals surface area contributed by atoms with E-state index in [0.29, 0.717) is 22.5 Å². The molecule has 4 aromatic rings. The third kappa shape index (κ3) is 4.51. The Hall–Kier alpha value is -3.59. The summed E-state index contributed by atoms with van der Waals surface area (Å²) < 4.78 is 16.1. The molecular weight excluding hydrogens is 457 g/mol. The highest BCUT2D eigenvalue weighted by atomic mass is 19.1. The first-order valence-corrected chi connectivity index (χ1v) is 12.2. The number of aryl methyl sites for hydroxylation is 1. The molecule has 1 aliphatic heterocycles. The number of amides is 1. The third-order valence-electron chi connectivity index (χ3n) is 6.88. The summed E-state index contributed by atoms with van der Waals surface area (Å²) in [5, 5.41) is 16.0. The van der Waals surface area contributed by atoms with Crippen molar-refractivity contribution in [2.75, 3.05) is 17.3 Å². The number of rotatable bonds is 4. The van der Waals surface area contributed by atoms with E-state index in [1.54, 1.807) is 36.0 Å². The van der Waals surface area contributed by atoms with Gasteiger partial charge in [0.2, 0.25) is 0 Å². The van der Waals surface area contributed by atoms with Crippen molar-refractivity contribution in [1.82, 2.24) is 24.9 Å². The Balaban J connectivity index is 1.48. The number of hydrogen-bond acceptors (Lipinski definition) is 6. The molecule has 1 fully saturated rings. The average Bonchev–Trinajstić information content (AvgIpc) is 3.16. The van der Waals surface area contributed by atoms with Crippen LogP contribution in [0.4, 0.5) is 15.8 Å². The molecule has 9 heteroatoms. The maximum absolute atomic E-state index is 14.5. The fourth-order valence-corrected chi connectivity index (χ4v) is 5.72. The summed E-state index contributed by atoms with van der Waals surface area (Å²) in [5.74, 6) is -0.884. The van der Waals surface area contributed by atoms with Gasteiger partial charge >= 0.3 is 0 Å². The van der Waals surface area contributed by atoms with E-state index in [-0.39, 0.29) is 28.7 Å². The quantitative estimate of drug-likeness (QED) is 0.431. The second-order valence-electron chi connectivity index (χ2n) is 11.1. The topological polar surface area (TPSA) is 87.5 Å². The van der Waals surface area contributed by atoms with Crippen molar-refractivity contribution in [2.24, 2.45) is 0 Å². The van der Waals surface area contributed by atoms with Crippen molar-refractivity contribution in [1.29, 1.82) is 0 Å². The van der Waals surface area contributed by atoms with Crippen LogP contribution in [0, 0.1) is 12.7 Å². The lowest BCUT2D eigenvalue weighted by Gasteiger charge is -2.49. The van der Waals surface area contributed by atoms with Crippen molar-refractivity contribution < 1.29 is 9.18 Å². The van der Waals surface area contributed by atoms with Crippen molar-refractivity contribution in [3.63, 3.8) is 0 Å². The standard InChI is InChI=1S/C27H32FN7O/c1-16-14-35-15-17(10-21(28)24(35)30-16)31-25(36)20-9-7-8-19-22(13-29-32-23(19)20)34(6)18-11-26(2,3)33-27(4,5)12-18/h7-10,13-15,18,33H,11-12H2,1-6H3,(H,31,36). The number of carbonyl (C=O) groups is 1. The summed E-state index contributed by atoms with van der Waals surface area (Å²) >= 11 is 0. The molecule has 36 heavy (non-hydrogen) atoms. The predicted octanol–water partition coefficient (Wildman–Crippen LogP) is 4.72. The van der Waals surface area contributed by atoms with Crippen LogP contribution in [0.5, 0.6) is 0 Å². The van der Waals surface area contributed by atoms with Crippen LogP contribution in [-0.2, 0) is 0 Å². The summed E-state index contributed by atoms with van der Waals surface area (Å²) in [6.07, 6.45) is 7.06. The summed E-state index contributed by atoms with van der Waals surface area (Å²) in [6.45, 7) is 10.7. The molecule has 4 heterocycles. The minimum Gasteiger partial charge on any atom is -0.370 e. The molecule has 5 rings (SSSR count). The van der Waals surface area contributed by atoms with E-state index in [4.69, 9.17) is 0 Å². The van der Waals surface area contributed by atoms with Gasteiger partial charge in [-0.3, -0.25) is 4.79 Å². The summed E-state index contributed by atoms with van der Waals surface area (Å²) in [6, 6.07) is 7.08. The number of anilines is 2. The minimum absolute atomic E-state index is 0.00780. The van der Waals surface area contributed by atoms with Gasteiger partial charge in [0.05, 0.1) is 28.8 Å². The molecule has 1 amide bonds. The average molecular weight is 490 g/mol. The molecule has 0 unspecified atom stereocenters. The van der Waals surface area contributed by atoms with Gasteiger partial charge in [-0.15, -0.1) is 5.10 Å². The predicted molar refractivity (Wildman–Crippen MR) is 140 cm³/mol. The van der Waals surface area contributed by atoms with Crippen LogP contribution >= 0.6 is 0 Å². The van der Waals surface area contributed by atoms with Crippen molar-refractivity contribution >= 4 is 33.8 Å². The van der Waals surface area contributed by atoms with E-state index >= 15 is 0 Å². The van der Waals surface area contributed by atoms with Gasteiger partial charge in [0.25, 0.3) is 5.91 Å². The fraction of sp³-hybridized carbons (Fsp3) is 0.407. The first-order chi connectivity index (χ1) is 16.9. The van der Waals surface area contributed by atoms with E-state index in [1.807, 2.05) is 12.1 Å². The Kier molecular flexibility index (Phi) is 5.70. The van der Waals surface area contributed by atoms with Gasteiger partial charge in [0.1, 0.15) is 5.52 Å². The highest BCUT2D eigenvalue weighted by Gasteiger charge is 2.39. The second kappa shape index (κ2) is 8.51. The van der Waals surface area contributed by atoms with Crippen molar-refractivity contribution in [3.8, 4) is 0 Å². The van der Waals surface area contributed by atoms with Crippen LogP contribution in [0.25, 0.3) is 16.6 Å². The number of carbonyl (C=O) groups excluding carboxylic acids is 1. The Morgan fingerprint density at radius 1 is 1.19 bits per heavy atom. The summed E-state index contributed by atoms with van der Waals surface area (Å²) in [7, 11) is 2.08. The van der Waals surface area contributed by atoms with Gasteiger partial charge in [-0.1, -0.05) is 12.1 Å². The van der Waals surface area contributed by atoms with Gasteiger partial charge in [-0.05, 0) is 53.5 Å². The highest BCUT2D eigenvalue weighted by molar-refractivity contribution is 6.13. The largest absolute Gasteiger partial charge is 0.370 e. The minimum atomic E-state index is -0.504. The lowest BCUT2D eigenvalue weighted by atomic mass is 9.79. The van der Waals surface area contributed by atoms with Gasteiger partial charge in [-0.25, -0.2) is 9.37 Å². The molecule has 0 radical (unpaired) electrons. The molecule has 8 nitrogen and oxygen atoms in total. The lowest BCUT2D eigenvalue weighted by Crippen LogP contribution is -2.61. The smallest absolute Gasteiger partial charge is 0.257 e. The second-order valence-corrected chi connectivity index (χ2v) is 11.1. The number of imidazole rings is 1. The molecule has 0 saturated carbocycles. The number of piperidine rings is 1. The molecule has 2 N–H and O–H groups in total. The van der Waals surface area contributed by atoms with E-state index in [9.17, 15) is 9.18 Å². The first-order valence-electron chi connectivity index (χ1n) is 12.2. The number of pyridine rings is 1. The fourth-order valence-electron chi connectivity index (χ4n) is 5.72. The van der Waals surface area contributed by atoms with Crippen molar-refractivity contribution in [2.45, 2.75) is 64.6 Å². The van der Waals surface area contributed by atoms with Crippen LogP contribution in [0.2, 0.25) is 0 Å². The van der Waals surface area contributed by atoms with E-state index in [2.05, 4.69) is 65.5 Å².